The minimum absolute atomic E-state index is 0.00178. The SMILES string of the molecule is CN1[C@H]2CC[C@@H]1[C@@H](C(=O)OC(=O)c1ccc(C(=O)CCCCCNC(=O)OCc3ccccc3)cc1N)[C@@H](O)C2. The minimum Gasteiger partial charge on any atom is -0.445 e. The highest BCUT2D eigenvalue weighted by Crippen LogP contribution is 2.39. The van der Waals surface area contributed by atoms with Gasteiger partial charge < -0.3 is 25.6 Å². The highest BCUT2D eigenvalue weighted by molar-refractivity contribution is 6.03. The Hall–Kier alpha value is -3.76. The third-order valence-corrected chi connectivity index (χ3v) is 7.86. The predicted octanol–water partition coefficient (Wildman–Crippen LogP) is 3.47. The van der Waals surface area contributed by atoms with Crippen molar-refractivity contribution < 1.29 is 33.8 Å². The lowest BCUT2D eigenvalue weighted by molar-refractivity contribution is -0.152. The lowest BCUT2D eigenvalue weighted by Crippen LogP contribution is -2.52. The second-order valence-electron chi connectivity index (χ2n) is 10.5. The fourth-order valence-electron chi connectivity index (χ4n) is 5.59. The van der Waals surface area contributed by atoms with Gasteiger partial charge in [-0.3, -0.25) is 14.5 Å². The molecule has 40 heavy (non-hydrogen) atoms. The number of nitrogens with one attached hydrogen (secondary N) is 1. The summed E-state index contributed by atoms with van der Waals surface area (Å²) in [5, 5.41) is 13.1. The molecular weight excluding hydrogens is 514 g/mol. The Bertz CT molecular complexity index is 1220. The summed E-state index contributed by atoms with van der Waals surface area (Å²) in [6.45, 7) is 0.652. The van der Waals surface area contributed by atoms with Gasteiger partial charge in [0.05, 0.1) is 17.6 Å². The van der Waals surface area contributed by atoms with E-state index in [1.54, 1.807) is 0 Å². The van der Waals surface area contributed by atoms with Gasteiger partial charge in [-0.05, 0) is 56.8 Å². The lowest BCUT2D eigenvalue weighted by Gasteiger charge is -2.39. The Morgan fingerprint density at radius 3 is 2.58 bits per heavy atom. The molecule has 0 radical (unpaired) electrons. The summed E-state index contributed by atoms with van der Waals surface area (Å²) in [7, 11) is 1.92. The summed E-state index contributed by atoms with van der Waals surface area (Å²) in [6.07, 6.45) is 3.15. The van der Waals surface area contributed by atoms with Crippen molar-refractivity contribution in [3.05, 3.63) is 65.2 Å². The number of hydrogen-bond donors (Lipinski definition) is 3. The van der Waals surface area contributed by atoms with Gasteiger partial charge in [-0.15, -0.1) is 0 Å². The number of hydrogen-bond acceptors (Lipinski definition) is 9. The molecule has 2 saturated heterocycles. The van der Waals surface area contributed by atoms with E-state index < -0.39 is 30.1 Å². The largest absolute Gasteiger partial charge is 0.445 e. The maximum Gasteiger partial charge on any atom is 0.407 e. The number of nitrogens with zero attached hydrogens (tertiary/aromatic N) is 1. The van der Waals surface area contributed by atoms with E-state index in [2.05, 4.69) is 10.2 Å². The Balaban J connectivity index is 1.17. The number of nitrogens with two attached hydrogens (primary N) is 1. The van der Waals surface area contributed by atoms with Crippen LogP contribution in [0.25, 0.3) is 0 Å². The van der Waals surface area contributed by atoms with Crippen molar-refractivity contribution in [1.82, 2.24) is 10.2 Å². The monoisotopic (exact) mass is 551 g/mol. The molecule has 2 heterocycles. The highest BCUT2D eigenvalue weighted by Gasteiger charge is 2.49. The molecule has 0 aromatic heterocycles. The first-order chi connectivity index (χ1) is 19.2. The summed E-state index contributed by atoms with van der Waals surface area (Å²) >= 11 is 0. The number of esters is 2. The average Bonchev–Trinajstić information content (AvgIpc) is 3.17. The summed E-state index contributed by atoms with van der Waals surface area (Å²) in [5.74, 6) is -2.56. The molecule has 4 rings (SSSR count). The number of Topliss-reactive ketones (excluding diaryl/α,β-unsaturated/α-hetero) is 1. The van der Waals surface area contributed by atoms with Gasteiger partial charge in [0, 0.05) is 36.3 Å². The molecule has 0 spiro atoms. The van der Waals surface area contributed by atoms with E-state index in [0.29, 0.717) is 31.4 Å². The topological polar surface area (TPSA) is 148 Å². The Morgan fingerprint density at radius 1 is 1.05 bits per heavy atom. The van der Waals surface area contributed by atoms with Crippen LogP contribution in [0.3, 0.4) is 0 Å². The molecule has 0 saturated carbocycles. The van der Waals surface area contributed by atoms with Gasteiger partial charge in [-0.2, -0.15) is 0 Å². The number of aliphatic hydroxyl groups is 1. The number of rotatable bonds is 11. The van der Waals surface area contributed by atoms with E-state index >= 15 is 0 Å². The first-order valence-corrected chi connectivity index (χ1v) is 13.8. The van der Waals surface area contributed by atoms with Gasteiger partial charge in [0.2, 0.25) is 0 Å². The van der Waals surface area contributed by atoms with Crippen LogP contribution in [0.4, 0.5) is 10.5 Å². The maximum atomic E-state index is 12.8. The molecule has 2 fully saturated rings. The highest BCUT2D eigenvalue weighted by atomic mass is 16.6. The molecule has 214 valence electrons. The van der Waals surface area contributed by atoms with Crippen molar-refractivity contribution in [3.8, 4) is 0 Å². The molecule has 10 nitrogen and oxygen atoms in total. The van der Waals surface area contributed by atoms with Gasteiger partial charge in [0.25, 0.3) is 0 Å². The van der Waals surface area contributed by atoms with Crippen molar-refractivity contribution in [1.29, 1.82) is 0 Å². The Morgan fingerprint density at radius 2 is 1.82 bits per heavy atom. The molecule has 2 aliphatic rings. The molecule has 10 heteroatoms. The molecule has 2 aromatic rings. The van der Waals surface area contributed by atoms with E-state index in [9.17, 15) is 24.3 Å². The quantitative estimate of drug-likeness (QED) is 0.125. The van der Waals surface area contributed by atoms with Crippen LogP contribution in [0.15, 0.2) is 48.5 Å². The zero-order valence-electron chi connectivity index (χ0n) is 22.7. The van der Waals surface area contributed by atoms with E-state index in [1.165, 1.54) is 18.2 Å². The number of aliphatic hydroxyl groups excluding tert-OH is 1. The number of benzene rings is 2. The van der Waals surface area contributed by atoms with Crippen molar-refractivity contribution in [2.45, 2.75) is 69.7 Å². The second-order valence-corrected chi connectivity index (χ2v) is 10.5. The molecule has 2 aromatic carbocycles. The van der Waals surface area contributed by atoms with Crippen molar-refractivity contribution in [3.63, 3.8) is 0 Å². The number of unbranched alkanes of at least 4 members (excludes halogenated alkanes) is 2. The van der Waals surface area contributed by atoms with Crippen LogP contribution >= 0.6 is 0 Å². The molecule has 0 unspecified atom stereocenters. The molecule has 4 atom stereocenters. The molecule has 0 aliphatic carbocycles. The fourth-order valence-corrected chi connectivity index (χ4v) is 5.59. The van der Waals surface area contributed by atoms with Crippen LogP contribution < -0.4 is 11.1 Å². The first-order valence-electron chi connectivity index (χ1n) is 13.8. The van der Waals surface area contributed by atoms with Crippen molar-refractivity contribution in [2.24, 2.45) is 5.92 Å². The number of ketones is 1. The van der Waals surface area contributed by atoms with Crippen molar-refractivity contribution >= 4 is 29.5 Å². The number of amides is 1. The molecular formula is C30H37N3O7. The van der Waals surface area contributed by atoms with Gasteiger partial charge in [0.15, 0.2) is 5.78 Å². The minimum atomic E-state index is -0.897. The fraction of sp³-hybridized carbons (Fsp3) is 0.467. The van der Waals surface area contributed by atoms with Crippen molar-refractivity contribution in [2.75, 3.05) is 19.3 Å². The normalized spacial score (nSPS) is 21.9. The Kier molecular flexibility index (Phi) is 9.89. The van der Waals surface area contributed by atoms with E-state index in [0.717, 1.165) is 24.8 Å². The van der Waals surface area contributed by atoms with E-state index in [-0.39, 0.29) is 42.1 Å². The number of anilines is 1. The molecule has 1 amide bonds. The van der Waals surface area contributed by atoms with Crippen LogP contribution in [-0.2, 0) is 20.9 Å². The van der Waals surface area contributed by atoms with Crippen LogP contribution in [0.5, 0.6) is 0 Å². The number of carbonyl (C=O) groups excluding carboxylic acids is 4. The van der Waals surface area contributed by atoms with Crippen LogP contribution in [0, 0.1) is 5.92 Å². The number of fused-ring (bicyclic) bond motifs is 2. The Labute approximate surface area is 233 Å². The molecule has 4 N–H and O–H groups in total. The third kappa shape index (κ3) is 7.25. The lowest BCUT2D eigenvalue weighted by atomic mass is 9.88. The smallest absolute Gasteiger partial charge is 0.407 e. The van der Waals surface area contributed by atoms with Gasteiger partial charge in [-0.1, -0.05) is 42.8 Å². The summed E-state index contributed by atoms with van der Waals surface area (Å²) in [6, 6.07) is 13.8. The summed E-state index contributed by atoms with van der Waals surface area (Å²) in [5.41, 5.74) is 7.35. The molecule has 2 bridgehead atoms. The number of carbonyl (C=O) groups is 4. The predicted molar refractivity (Wildman–Crippen MR) is 147 cm³/mol. The third-order valence-electron chi connectivity index (χ3n) is 7.86. The number of piperidine rings is 1. The van der Waals surface area contributed by atoms with Gasteiger partial charge in [-0.25, -0.2) is 9.59 Å². The maximum absolute atomic E-state index is 12.8. The number of ether oxygens (including phenoxy) is 2. The van der Waals surface area contributed by atoms with Gasteiger partial charge in [0.1, 0.15) is 6.61 Å². The number of alkyl carbamates (subject to hydrolysis) is 1. The van der Waals surface area contributed by atoms with Crippen LogP contribution in [-0.4, -0.2) is 65.6 Å². The summed E-state index contributed by atoms with van der Waals surface area (Å²) in [4.78, 5) is 51.9. The van der Waals surface area contributed by atoms with E-state index in [1.807, 2.05) is 37.4 Å². The van der Waals surface area contributed by atoms with Crippen LogP contribution in [0.2, 0.25) is 0 Å². The standard InChI is InChI=1S/C30H37N3O7/c1-33-21-12-14-24(33)27(26(35)17-21)29(37)40-28(36)22-13-11-20(16-23(22)31)25(34)10-6-3-7-15-32-30(38)39-18-19-8-4-2-5-9-19/h2,4-5,8-9,11,13,16,21,24,26-27,35H,3,6-7,10,12,14-15,17-18,31H2,1H3,(H,32,38)/t21-,24+,26-,27+/m0/s1. The van der Waals surface area contributed by atoms with Gasteiger partial charge >= 0.3 is 18.0 Å². The summed E-state index contributed by atoms with van der Waals surface area (Å²) < 4.78 is 10.3. The van der Waals surface area contributed by atoms with Crippen LogP contribution in [0.1, 0.15) is 71.2 Å². The zero-order chi connectivity index (χ0) is 28.6. The zero-order valence-corrected chi connectivity index (χ0v) is 22.7. The number of nitrogen functional groups attached to an aromatic ring is 1. The van der Waals surface area contributed by atoms with E-state index in [4.69, 9.17) is 15.2 Å². The molecule has 2 aliphatic heterocycles. The first kappa shape index (κ1) is 29.2. The average molecular weight is 552 g/mol. The second kappa shape index (κ2) is 13.5.